The van der Waals surface area contributed by atoms with E-state index in [9.17, 15) is 18.3 Å². The molecule has 4 rings (SSSR count). The number of rotatable bonds is 12. The molecule has 4 fully saturated rings. The molecule has 7 nitrogen and oxygen atoms in total. The Labute approximate surface area is 244 Å². The summed E-state index contributed by atoms with van der Waals surface area (Å²) < 4.78 is 31.4. The highest BCUT2D eigenvalue weighted by atomic mass is 32.2. The fraction of sp³-hybridized carbons (Fsp3) is 0.969. The third-order valence-corrected chi connectivity index (χ3v) is 13.3. The van der Waals surface area contributed by atoms with Gasteiger partial charge in [-0.3, -0.25) is 9.35 Å². The Morgan fingerprint density at radius 1 is 1.00 bits per heavy atom. The molecule has 0 spiro atoms. The second-order valence-electron chi connectivity index (χ2n) is 15.6. The van der Waals surface area contributed by atoms with Crippen molar-refractivity contribution in [2.24, 2.45) is 46.3 Å². The van der Waals surface area contributed by atoms with E-state index in [1.807, 2.05) is 14.1 Å². The van der Waals surface area contributed by atoms with Crippen molar-refractivity contribution >= 4 is 16.0 Å². The Morgan fingerprint density at radius 2 is 1.73 bits per heavy atom. The molecule has 0 radical (unpaired) electrons. The lowest BCUT2D eigenvalue weighted by molar-refractivity contribution is -0.893. The van der Waals surface area contributed by atoms with Crippen molar-refractivity contribution in [3.05, 3.63) is 0 Å². The van der Waals surface area contributed by atoms with Crippen LogP contribution in [0, 0.1) is 46.3 Å². The lowest BCUT2D eigenvalue weighted by atomic mass is 9.44. The van der Waals surface area contributed by atoms with Gasteiger partial charge in [0, 0.05) is 19.4 Å². The lowest BCUT2D eigenvalue weighted by Gasteiger charge is -2.61. The zero-order chi connectivity index (χ0) is 29.3. The Balaban J connectivity index is 1.20. The quantitative estimate of drug-likeness (QED) is 0.165. The van der Waals surface area contributed by atoms with Crippen LogP contribution in [0.2, 0.25) is 0 Å². The lowest BCUT2D eigenvalue weighted by Crippen LogP contribution is -2.53. The molecule has 0 aromatic rings. The van der Waals surface area contributed by atoms with Crippen LogP contribution in [-0.4, -0.2) is 74.1 Å². The molecule has 0 aromatic carbocycles. The van der Waals surface area contributed by atoms with Crippen LogP contribution in [0.1, 0.15) is 104 Å². The Hall–Kier alpha value is -0.700. The van der Waals surface area contributed by atoms with E-state index in [0.29, 0.717) is 40.7 Å². The van der Waals surface area contributed by atoms with Gasteiger partial charge in [0.2, 0.25) is 5.91 Å². The number of carbonyl (C=O) groups is 1. The van der Waals surface area contributed by atoms with E-state index in [2.05, 4.69) is 26.1 Å². The molecule has 0 heterocycles. The molecule has 0 aliphatic heterocycles. The summed E-state index contributed by atoms with van der Waals surface area (Å²) in [6.45, 7) is 9.18. The number of fused-ring (bicyclic) bond motifs is 5. The maximum atomic E-state index is 12.7. The Morgan fingerprint density at radius 3 is 2.45 bits per heavy atom. The number of aliphatic hydroxyl groups is 1. The van der Waals surface area contributed by atoms with Gasteiger partial charge in [-0.25, -0.2) is 0 Å². The standard InChI is InChI=1S/C32H58N2O5S/c1-23(10-15-30(36)33-19-8-20-34(4,5)21-25(35)22-40(37,38)39)27-13-14-28-26-12-11-24-9-6-7-17-31(24,2)29(26)16-18-32(27,28)3/h23-29,35H,6-22H2,1-5H3,(H-,33,36,37,38,39)/p+1/t23-,24?,25?,26+,27-,28+,29+,31+,32-/m1/s1. The van der Waals surface area contributed by atoms with Crippen molar-refractivity contribution in [3.8, 4) is 0 Å². The van der Waals surface area contributed by atoms with Crippen LogP contribution in [0.3, 0.4) is 0 Å². The van der Waals surface area contributed by atoms with E-state index >= 15 is 0 Å². The molecule has 4 aliphatic carbocycles. The first-order valence-electron chi connectivity index (χ1n) is 16.4. The van der Waals surface area contributed by atoms with Gasteiger partial charge in [0.1, 0.15) is 18.4 Å². The van der Waals surface area contributed by atoms with Crippen LogP contribution in [0.25, 0.3) is 0 Å². The van der Waals surface area contributed by atoms with Crippen molar-refractivity contribution in [1.29, 1.82) is 0 Å². The van der Waals surface area contributed by atoms with Crippen LogP contribution < -0.4 is 5.32 Å². The number of nitrogens with one attached hydrogen (secondary N) is 1. The highest BCUT2D eigenvalue weighted by Gasteiger charge is 2.60. The summed E-state index contributed by atoms with van der Waals surface area (Å²) in [7, 11) is -0.357. The van der Waals surface area contributed by atoms with Gasteiger partial charge in [0.05, 0.1) is 20.6 Å². The van der Waals surface area contributed by atoms with Gasteiger partial charge >= 0.3 is 0 Å². The van der Waals surface area contributed by atoms with Gasteiger partial charge in [0.15, 0.2) is 0 Å². The molecular weight excluding hydrogens is 524 g/mol. The Bertz CT molecular complexity index is 986. The smallest absolute Gasteiger partial charge is 0.267 e. The average Bonchev–Trinajstić information content (AvgIpc) is 3.20. The summed E-state index contributed by atoms with van der Waals surface area (Å²) >= 11 is 0. The SMILES string of the molecule is C[C@H](CCC(=O)NCCC[N+](C)(C)CC(O)CS(=O)(=O)O)[C@H]1CC[C@H]2[C@@H]3CCC4CCCC[C@]4(C)[C@H]3CC[C@]12C. The number of hydrogen-bond donors (Lipinski definition) is 3. The highest BCUT2D eigenvalue weighted by Crippen LogP contribution is 2.68. The van der Waals surface area contributed by atoms with Gasteiger partial charge in [-0.2, -0.15) is 8.42 Å². The van der Waals surface area contributed by atoms with Crippen LogP contribution in [0.5, 0.6) is 0 Å². The monoisotopic (exact) mass is 583 g/mol. The van der Waals surface area contributed by atoms with E-state index < -0.39 is 22.0 Å². The van der Waals surface area contributed by atoms with Gasteiger partial charge in [-0.1, -0.05) is 33.6 Å². The minimum Gasteiger partial charge on any atom is -0.386 e. The summed E-state index contributed by atoms with van der Waals surface area (Å²) in [5, 5.41) is 13.0. The van der Waals surface area contributed by atoms with Crippen LogP contribution in [0.15, 0.2) is 0 Å². The molecule has 1 amide bonds. The number of quaternary nitrogens is 1. The van der Waals surface area contributed by atoms with Crippen molar-refractivity contribution in [3.63, 3.8) is 0 Å². The highest BCUT2D eigenvalue weighted by molar-refractivity contribution is 7.85. The minimum atomic E-state index is -4.19. The summed E-state index contributed by atoms with van der Waals surface area (Å²) in [6, 6.07) is 0. The first-order chi connectivity index (χ1) is 18.6. The van der Waals surface area contributed by atoms with Gasteiger partial charge in [-0.05, 0) is 104 Å². The largest absolute Gasteiger partial charge is 0.386 e. The molecular formula is C32H59N2O5S+. The molecule has 40 heavy (non-hydrogen) atoms. The normalized spacial score (nSPS) is 37.6. The summed E-state index contributed by atoms with van der Waals surface area (Å²) in [5.74, 6) is 4.50. The molecule has 3 N–H and O–H groups in total. The van der Waals surface area contributed by atoms with Gasteiger partial charge < -0.3 is 14.9 Å². The zero-order valence-electron chi connectivity index (χ0n) is 26.0. The second kappa shape index (κ2) is 12.5. The number of hydrogen-bond acceptors (Lipinski definition) is 4. The number of nitrogens with zero attached hydrogens (tertiary/aromatic N) is 1. The molecule has 2 unspecified atom stereocenters. The van der Waals surface area contributed by atoms with Crippen molar-refractivity contribution in [2.45, 2.75) is 110 Å². The van der Waals surface area contributed by atoms with Crippen molar-refractivity contribution in [1.82, 2.24) is 5.32 Å². The summed E-state index contributed by atoms with van der Waals surface area (Å²) in [4.78, 5) is 12.7. The second-order valence-corrected chi connectivity index (χ2v) is 17.1. The third kappa shape index (κ3) is 7.26. The van der Waals surface area contributed by atoms with Gasteiger partial charge in [0.25, 0.3) is 10.1 Å². The van der Waals surface area contributed by atoms with Gasteiger partial charge in [-0.15, -0.1) is 0 Å². The Kier molecular flexibility index (Phi) is 10.1. The number of likely N-dealkylation sites (N-methyl/N-ethyl adjacent to an activating group) is 1. The van der Waals surface area contributed by atoms with Crippen molar-refractivity contribution < 1.29 is 27.4 Å². The molecule has 0 aromatic heterocycles. The fourth-order valence-electron chi connectivity index (χ4n) is 10.6. The molecule has 9 atom stereocenters. The molecule has 0 bridgehead atoms. The molecule has 8 heteroatoms. The number of aliphatic hydroxyl groups excluding tert-OH is 1. The van der Waals surface area contributed by atoms with Crippen LogP contribution in [0.4, 0.5) is 0 Å². The first kappa shape index (κ1) is 32.2. The van der Waals surface area contributed by atoms with E-state index in [1.165, 1.54) is 64.2 Å². The van der Waals surface area contributed by atoms with Crippen LogP contribution in [-0.2, 0) is 14.9 Å². The minimum absolute atomic E-state index is 0.121. The molecule has 232 valence electrons. The first-order valence-corrected chi connectivity index (χ1v) is 18.0. The predicted molar refractivity (Wildman–Crippen MR) is 160 cm³/mol. The predicted octanol–water partition coefficient (Wildman–Crippen LogP) is 5.28. The average molecular weight is 584 g/mol. The van der Waals surface area contributed by atoms with Crippen molar-refractivity contribution in [2.75, 3.05) is 39.5 Å². The zero-order valence-corrected chi connectivity index (χ0v) is 26.9. The summed E-state index contributed by atoms with van der Waals surface area (Å²) in [5.41, 5.74) is 1.04. The molecule has 4 saturated carbocycles. The molecule has 0 saturated heterocycles. The topological polar surface area (TPSA) is 104 Å². The molecule has 4 aliphatic rings. The number of carbonyl (C=O) groups excluding carboxylic acids is 1. The van der Waals surface area contributed by atoms with E-state index in [1.54, 1.807) is 0 Å². The van der Waals surface area contributed by atoms with E-state index in [-0.39, 0.29) is 12.5 Å². The van der Waals surface area contributed by atoms with E-state index in [4.69, 9.17) is 4.55 Å². The van der Waals surface area contributed by atoms with E-state index in [0.717, 1.165) is 42.4 Å². The summed E-state index contributed by atoms with van der Waals surface area (Å²) in [6.07, 6.45) is 15.5. The maximum absolute atomic E-state index is 12.7. The number of amides is 1. The third-order valence-electron chi connectivity index (χ3n) is 12.5. The maximum Gasteiger partial charge on any atom is 0.267 e. The fourth-order valence-corrected chi connectivity index (χ4v) is 11.2. The van der Waals surface area contributed by atoms with Crippen LogP contribution >= 0.6 is 0 Å².